The maximum absolute atomic E-state index is 5.73. The highest BCUT2D eigenvalue weighted by Crippen LogP contribution is 2.05. The largest absolute Gasteiger partial charge is 0.383 e. The molecule has 48 valence electrons. The van der Waals surface area contributed by atoms with Crippen LogP contribution in [0.5, 0.6) is 0 Å². The second-order valence-electron chi connectivity index (χ2n) is 2.40. The van der Waals surface area contributed by atoms with Crippen molar-refractivity contribution in [1.82, 2.24) is 5.32 Å². The summed E-state index contributed by atoms with van der Waals surface area (Å²) in [5.41, 5.74) is 5.67. The third kappa shape index (κ3) is 0.992. The van der Waals surface area contributed by atoms with Crippen LogP contribution in [0.15, 0.2) is 0 Å². The molecule has 3 N–H and O–H groups in total. The van der Waals surface area contributed by atoms with Crippen LogP contribution < -0.4 is 11.1 Å². The van der Waals surface area contributed by atoms with Gasteiger partial charge in [-0.25, -0.2) is 0 Å². The quantitative estimate of drug-likeness (QED) is 0.483. The normalized spacial score (nSPS) is 24.8. The maximum atomic E-state index is 5.73. The van der Waals surface area contributed by atoms with Gasteiger partial charge < -0.3 is 15.8 Å². The molecule has 1 saturated heterocycles. The van der Waals surface area contributed by atoms with Crippen LogP contribution in [0.1, 0.15) is 0 Å². The zero-order valence-electron chi connectivity index (χ0n) is 5.11. The van der Waals surface area contributed by atoms with Gasteiger partial charge in [-0.15, -0.1) is 0 Å². The number of hydrogen-bond donors (Lipinski definition) is 2. The Balaban J connectivity index is 2.20. The van der Waals surface area contributed by atoms with Gasteiger partial charge in [-0.2, -0.15) is 0 Å². The number of hydrogen-bond acceptors (Lipinski definition) is 3. The van der Waals surface area contributed by atoms with E-state index in [-0.39, 0.29) is 5.54 Å². The minimum atomic E-state index is -0.0608. The summed E-state index contributed by atoms with van der Waals surface area (Å²) < 4.78 is 4.88. The molecule has 0 spiro atoms. The van der Waals surface area contributed by atoms with Gasteiger partial charge in [0.1, 0.15) is 0 Å². The second-order valence-corrected chi connectivity index (χ2v) is 2.40. The van der Waals surface area contributed by atoms with E-state index in [4.69, 9.17) is 10.5 Å². The molecule has 0 unspecified atom stereocenters. The summed E-state index contributed by atoms with van der Waals surface area (Å²) in [4.78, 5) is 0. The first-order chi connectivity index (χ1) is 3.77. The molecule has 3 heteroatoms. The topological polar surface area (TPSA) is 47.3 Å². The molecule has 1 fully saturated rings. The second kappa shape index (κ2) is 2.01. The van der Waals surface area contributed by atoms with E-state index in [0.717, 1.165) is 13.1 Å². The van der Waals surface area contributed by atoms with E-state index in [9.17, 15) is 0 Å². The van der Waals surface area contributed by atoms with Crippen LogP contribution >= 0.6 is 0 Å². The highest BCUT2D eigenvalue weighted by Gasteiger charge is 2.31. The van der Waals surface area contributed by atoms with Gasteiger partial charge in [0.25, 0.3) is 0 Å². The van der Waals surface area contributed by atoms with Crippen molar-refractivity contribution in [2.75, 3.05) is 26.8 Å². The van der Waals surface area contributed by atoms with Crippen molar-refractivity contribution in [2.45, 2.75) is 5.54 Å². The molecule has 8 heavy (non-hydrogen) atoms. The van der Waals surface area contributed by atoms with Crippen LogP contribution in [0.3, 0.4) is 0 Å². The summed E-state index contributed by atoms with van der Waals surface area (Å²) in [6.07, 6.45) is 0. The Morgan fingerprint density at radius 3 is 2.50 bits per heavy atom. The van der Waals surface area contributed by atoms with Gasteiger partial charge in [0.15, 0.2) is 0 Å². The molecule has 0 atom stereocenters. The molecule has 0 bridgehead atoms. The first kappa shape index (κ1) is 6.01. The number of nitrogens with one attached hydrogen (secondary N) is 1. The number of methoxy groups -OCH3 is 1. The van der Waals surface area contributed by atoms with Crippen molar-refractivity contribution in [3.8, 4) is 0 Å². The van der Waals surface area contributed by atoms with Crippen LogP contribution in [-0.2, 0) is 4.74 Å². The monoisotopic (exact) mass is 116 g/mol. The Bertz CT molecular complexity index is 80.5. The number of ether oxygens (including phenoxy) is 1. The van der Waals surface area contributed by atoms with Crippen LogP contribution in [0.2, 0.25) is 0 Å². The molecule has 0 saturated carbocycles. The Labute approximate surface area is 49.2 Å². The van der Waals surface area contributed by atoms with Gasteiger partial charge in [-0.05, 0) is 0 Å². The average molecular weight is 116 g/mol. The van der Waals surface area contributed by atoms with Gasteiger partial charge in [0, 0.05) is 20.2 Å². The van der Waals surface area contributed by atoms with E-state index in [1.165, 1.54) is 0 Å². The fourth-order valence-corrected chi connectivity index (χ4v) is 0.836. The molecule has 1 rings (SSSR count). The van der Waals surface area contributed by atoms with Crippen molar-refractivity contribution in [2.24, 2.45) is 5.73 Å². The molecule has 1 heterocycles. The number of nitrogens with two attached hydrogens (primary N) is 1. The highest BCUT2D eigenvalue weighted by atomic mass is 16.5. The molecule has 0 aromatic carbocycles. The Morgan fingerprint density at radius 2 is 2.38 bits per heavy atom. The SMILES string of the molecule is COCC1(N)CNC1. The molecule has 0 aromatic rings. The van der Waals surface area contributed by atoms with E-state index in [2.05, 4.69) is 5.32 Å². The molecule has 1 aliphatic rings. The van der Waals surface area contributed by atoms with Gasteiger partial charge in [-0.1, -0.05) is 0 Å². The lowest BCUT2D eigenvalue weighted by molar-refractivity contribution is 0.0996. The summed E-state index contributed by atoms with van der Waals surface area (Å²) in [7, 11) is 1.67. The van der Waals surface area contributed by atoms with Gasteiger partial charge in [0.2, 0.25) is 0 Å². The summed E-state index contributed by atoms with van der Waals surface area (Å²) in [6, 6.07) is 0. The fourth-order valence-electron chi connectivity index (χ4n) is 0.836. The molecule has 1 aliphatic heterocycles. The fraction of sp³-hybridized carbons (Fsp3) is 1.00. The lowest BCUT2D eigenvalue weighted by Gasteiger charge is -2.38. The summed E-state index contributed by atoms with van der Waals surface area (Å²) in [5, 5.41) is 3.08. The Kier molecular flexibility index (Phi) is 1.51. The predicted octanol–water partition coefficient (Wildman–Crippen LogP) is -1.07. The van der Waals surface area contributed by atoms with Crippen molar-refractivity contribution < 1.29 is 4.74 Å². The minimum Gasteiger partial charge on any atom is -0.383 e. The lowest BCUT2D eigenvalue weighted by Crippen LogP contribution is -2.68. The van der Waals surface area contributed by atoms with Crippen LogP contribution in [0.25, 0.3) is 0 Å². The summed E-state index contributed by atoms with van der Waals surface area (Å²) in [5.74, 6) is 0. The van der Waals surface area contributed by atoms with Gasteiger partial charge in [0.05, 0.1) is 12.1 Å². The summed E-state index contributed by atoms with van der Waals surface area (Å²) >= 11 is 0. The van der Waals surface area contributed by atoms with Crippen molar-refractivity contribution in [3.05, 3.63) is 0 Å². The van der Waals surface area contributed by atoms with Gasteiger partial charge in [-0.3, -0.25) is 0 Å². The van der Waals surface area contributed by atoms with Crippen molar-refractivity contribution in [3.63, 3.8) is 0 Å². The molecular weight excluding hydrogens is 104 g/mol. The van der Waals surface area contributed by atoms with Crippen LogP contribution in [0.4, 0.5) is 0 Å². The van der Waals surface area contributed by atoms with E-state index in [1.807, 2.05) is 0 Å². The third-order valence-corrected chi connectivity index (χ3v) is 1.39. The van der Waals surface area contributed by atoms with E-state index >= 15 is 0 Å². The Hall–Kier alpha value is -0.120. The van der Waals surface area contributed by atoms with Crippen molar-refractivity contribution >= 4 is 0 Å². The molecule has 3 nitrogen and oxygen atoms in total. The predicted molar refractivity (Wildman–Crippen MR) is 31.7 cm³/mol. The zero-order chi connectivity index (χ0) is 6.04. The maximum Gasteiger partial charge on any atom is 0.0667 e. The van der Waals surface area contributed by atoms with Crippen LogP contribution in [-0.4, -0.2) is 32.3 Å². The molecular formula is C5H12N2O. The molecule has 0 amide bonds. The third-order valence-electron chi connectivity index (χ3n) is 1.39. The van der Waals surface area contributed by atoms with Crippen LogP contribution in [0, 0.1) is 0 Å². The number of rotatable bonds is 2. The first-order valence-electron chi connectivity index (χ1n) is 2.75. The highest BCUT2D eigenvalue weighted by molar-refractivity contribution is 4.97. The van der Waals surface area contributed by atoms with E-state index < -0.39 is 0 Å². The van der Waals surface area contributed by atoms with E-state index in [0.29, 0.717) is 6.61 Å². The van der Waals surface area contributed by atoms with Gasteiger partial charge >= 0.3 is 0 Å². The Morgan fingerprint density at radius 1 is 1.75 bits per heavy atom. The summed E-state index contributed by atoms with van der Waals surface area (Å²) in [6.45, 7) is 2.45. The van der Waals surface area contributed by atoms with E-state index in [1.54, 1.807) is 7.11 Å². The lowest BCUT2D eigenvalue weighted by atomic mass is 9.95. The standard InChI is InChI=1S/C5H12N2O/c1-8-4-5(6)2-7-3-5/h7H,2-4,6H2,1H3. The average Bonchev–Trinajstić information content (AvgIpc) is 1.64. The molecule has 0 aliphatic carbocycles. The smallest absolute Gasteiger partial charge is 0.0667 e. The minimum absolute atomic E-state index is 0.0608. The van der Waals surface area contributed by atoms with Crippen molar-refractivity contribution in [1.29, 1.82) is 0 Å². The zero-order valence-corrected chi connectivity index (χ0v) is 5.11. The first-order valence-corrected chi connectivity index (χ1v) is 2.75. The molecule has 0 radical (unpaired) electrons. The molecule has 0 aromatic heterocycles.